The van der Waals surface area contributed by atoms with Gasteiger partial charge in [0.25, 0.3) is 0 Å². The molecule has 9 heteroatoms. The second kappa shape index (κ2) is 8.34. The van der Waals surface area contributed by atoms with Gasteiger partial charge in [0.2, 0.25) is 5.91 Å². The lowest BCUT2D eigenvalue weighted by atomic mass is 9.64. The Labute approximate surface area is 208 Å². The van der Waals surface area contributed by atoms with Crippen molar-refractivity contribution < 1.29 is 9.18 Å². The number of benzene rings is 1. The topological polar surface area (TPSA) is 73.4 Å². The summed E-state index contributed by atoms with van der Waals surface area (Å²) in [6, 6.07) is 5.80. The summed E-state index contributed by atoms with van der Waals surface area (Å²) < 4.78 is 18.8. The molecule has 3 aliphatic rings. The first-order valence-electron chi connectivity index (χ1n) is 12.2. The Balaban J connectivity index is 1.46. The molecule has 0 atom stereocenters. The Kier molecular flexibility index (Phi) is 5.37. The zero-order chi connectivity index (χ0) is 24.3. The van der Waals surface area contributed by atoms with Gasteiger partial charge in [-0.1, -0.05) is 25.3 Å². The summed E-state index contributed by atoms with van der Waals surface area (Å²) in [5.41, 5.74) is 4.00. The van der Waals surface area contributed by atoms with Gasteiger partial charge in [0, 0.05) is 66.3 Å². The van der Waals surface area contributed by atoms with Gasteiger partial charge in [-0.2, -0.15) is 0 Å². The van der Waals surface area contributed by atoms with Gasteiger partial charge in [-0.25, -0.2) is 9.37 Å². The monoisotopic (exact) mass is 492 g/mol. The van der Waals surface area contributed by atoms with Crippen LogP contribution in [0.4, 0.5) is 21.6 Å². The number of hydrogen-bond acceptors (Lipinski definition) is 7. The maximum Gasteiger partial charge on any atom is 0.237 e. The molecule has 2 aliphatic heterocycles. The van der Waals surface area contributed by atoms with Crippen molar-refractivity contribution in [3.8, 4) is 11.1 Å². The molecular weight excluding hydrogens is 463 g/mol. The summed E-state index contributed by atoms with van der Waals surface area (Å²) in [6.07, 6.45) is 6.15. The third kappa shape index (κ3) is 3.31. The van der Waals surface area contributed by atoms with Gasteiger partial charge in [-0.3, -0.25) is 9.78 Å². The van der Waals surface area contributed by atoms with E-state index in [4.69, 9.17) is 4.98 Å². The fraction of sp³-hybridized carbons (Fsp3) is 0.423. The first-order valence-corrected chi connectivity index (χ1v) is 13.2. The van der Waals surface area contributed by atoms with E-state index in [2.05, 4.69) is 26.8 Å². The van der Waals surface area contributed by atoms with Gasteiger partial charge in [0.1, 0.15) is 5.82 Å². The molecule has 4 heterocycles. The van der Waals surface area contributed by atoms with E-state index in [1.165, 1.54) is 6.07 Å². The second-order valence-electron chi connectivity index (χ2n) is 9.69. The lowest BCUT2D eigenvalue weighted by molar-refractivity contribution is -0.125. The van der Waals surface area contributed by atoms with Gasteiger partial charge >= 0.3 is 0 Å². The molecule has 1 spiro atoms. The molecular formula is C26H29FN6OS. The normalized spacial score (nSPS) is 18.7. The van der Waals surface area contributed by atoms with Crippen LogP contribution >= 0.6 is 11.9 Å². The van der Waals surface area contributed by atoms with Crippen molar-refractivity contribution in [2.45, 2.75) is 37.6 Å². The van der Waals surface area contributed by atoms with E-state index in [0.29, 0.717) is 22.7 Å². The molecule has 3 aromatic rings. The Bertz CT molecular complexity index is 1340. The largest absolute Gasteiger partial charge is 0.352 e. The fourth-order valence-corrected chi connectivity index (χ4v) is 6.08. The lowest BCUT2D eigenvalue weighted by Gasteiger charge is -2.40. The third-order valence-corrected chi connectivity index (χ3v) is 8.44. The van der Waals surface area contributed by atoms with E-state index >= 15 is 4.39 Å². The Morgan fingerprint density at radius 1 is 1.20 bits per heavy atom. The number of pyridine rings is 2. The fourth-order valence-electron chi connectivity index (χ4n) is 5.63. The predicted octanol–water partition coefficient (Wildman–Crippen LogP) is 4.32. The van der Waals surface area contributed by atoms with Crippen molar-refractivity contribution in [2.75, 3.05) is 47.5 Å². The molecule has 1 saturated heterocycles. The van der Waals surface area contributed by atoms with Gasteiger partial charge in [0.05, 0.1) is 28.5 Å². The van der Waals surface area contributed by atoms with Crippen LogP contribution in [0.5, 0.6) is 0 Å². The first kappa shape index (κ1) is 22.5. The van der Waals surface area contributed by atoms with Crippen LogP contribution in [0, 0.1) is 5.82 Å². The van der Waals surface area contributed by atoms with Crippen molar-refractivity contribution in [3.05, 3.63) is 42.0 Å². The molecule has 1 amide bonds. The molecule has 2 aromatic heterocycles. The van der Waals surface area contributed by atoms with E-state index < -0.39 is 5.41 Å². The van der Waals surface area contributed by atoms with Crippen molar-refractivity contribution in [1.29, 1.82) is 0 Å². The van der Waals surface area contributed by atoms with E-state index in [1.807, 2.05) is 26.2 Å². The number of amides is 1. The van der Waals surface area contributed by atoms with Crippen molar-refractivity contribution >= 4 is 46.0 Å². The highest BCUT2D eigenvalue weighted by molar-refractivity contribution is 8.00. The zero-order valence-electron chi connectivity index (χ0n) is 20.2. The maximum absolute atomic E-state index is 15.4. The van der Waals surface area contributed by atoms with Crippen LogP contribution in [0.2, 0.25) is 0 Å². The summed E-state index contributed by atoms with van der Waals surface area (Å²) >= 11 is 1.59. The number of carbonyl (C=O) groups is 1. The number of nitrogens with zero attached hydrogens (tertiary/aromatic N) is 4. The van der Waals surface area contributed by atoms with Crippen LogP contribution in [-0.2, 0) is 10.2 Å². The minimum Gasteiger partial charge on any atom is -0.352 e. The number of halogens is 1. The van der Waals surface area contributed by atoms with Gasteiger partial charge in [-0.05, 0) is 32.0 Å². The Morgan fingerprint density at radius 3 is 2.69 bits per heavy atom. The summed E-state index contributed by atoms with van der Waals surface area (Å²) in [5.74, 6) is 1.57. The summed E-state index contributed by atoms with van der Waals surface area (Å²) in [4.78, 5) is 26.3. The summed E-state index contributed by atoms with van der Waals surface area (Å²) in [5, 5.41) is 4.15. The van der Waals surface area contributed by atoms with Crippen molar-refractivity contribution in [1.82, 2.24) is 15.3 Å². The predicted molar refractivity (Wildman–Crippen MR) is 141 cm³/mol. The number of rotatable bonds is 6. The number of aromatic nitrogens is 2. The number of likely N-dealkylation sites (N-methyl/N-ethyl adjacent to an activating group) is 2. The second-order valence-corrected chi connectivity index (χ2v) is 10.8. The van der Waals surface area contributed by atoms with Crippen LogP contribution < -0.4 is 19.8 Å². The van der Waals surface area contributed by atoms with E-state index in [0.717, 1.165) is 66.2 Å². The standard InChI is InChI=1S/C26H29FN6OS/c1-4-35-31-21-8-15(11-30-24(21)33-13-16(14-33)28-2)17-9-18-20(10-19(17)27)29-12-22-23(18)26(6-5-7-26)25(34)32(22)3/h8-12,16,28,31H,4-7,13-14H2,1-3H3. The molecule has 35 heavy (non-hydrogen) atoms. The zero-order valence-corrected chi connectivity index (χ0v) is 21.0. The Hall–Kier alpha value is -2.91. The van der Waals surface area contributed by atoms with Crippen LogP contribution in [0.1, 0.15) is 31.7 Å². The molecule has 1 saturated carbocycles. The summed E-state index contributed by atoms with van der Waals surface area (Å²) in [7, 11) is 3.78. The van der Waals surface area contributed by atoms with Gasteiger partial charge < -0.3 is 19.8 Å². The molecule has 1 aromatic carbocycles. The van der Waals surface area contributed by atoms with Crippen molar-refractivity contribution in [2.24, 2.45) is 0 Å². The van der Waals surface area contributed by atoms with Crippen LogP contribution in [0.15, 0.2) is 30.6 Å². The summed E-state index contributed by atoms with van der Waals surface area (Å²) in [6.45, 7) is 3.86. The van der Waals surface area contributed by atoms with E-state index in [9.17, 15) is 4.79 Å². The third-order valence-electron chi connectivity index (χ3n) is 7.79. The average Bonchev–Trinajstić information content (AvgIpc) is 3.04. The first-order chi connectivity index (χ1) is 17.0. The molecule has 0 radical (unpaired) electrons. The maximum atomic E-state index is 15.4. The molecule has 0 unspecified atom stereocenters. The van der Waals surface area contributed by atoms with Crippen LogP contribution in [0.3, 0.4) is 0 Å². The van der Waals surface area contributed by atoms with Gasteiger partial charge in [-0.15, -0.1) is 0 Å². The number of carbonyl (C=O) groups excluding carboxylic acids is 1. The quantitative estimate of drug-likeness (QED) is 0.497. The molecule has 2 fully saturated rings. The highest BCUT2D eigenvalue weighted by Crippen LogP contribution is 2.55. The van der Waals surface area contributed by atoms with E-state index in [-0.39, 0.29) is 11.7 Å². The molecule has 2 N–H and O–H groups in total. The molecule has 182 valence electrons. The number of hydrogen-bond donors (Lipinski definition) is 2. The molecule has 7 nitrogen and oxygen atoms in total. The lowest BCUT2D eigenvalue weighted by Crippen LogP contribution is -2.57. The van der Waals surface area contributed by atoms with Crippen LogP contribution in [0.25, 0.3) is 22.0 Å². The minimum absolute atomic E-state index is 0.127. The number of fused-ring (bicyclic) bond motifs is 4. The smallest absolute Gasteiger partial charge is 0.237 e. The molecule has 0 bridgehead atoms. The van der Waals surface area contributed by atoms with E-state index in [1.54, 1.807) is 29.2 Å². The number of nitrogens with one attached hydrogen (secondary N) is 2. The van der Waals surface area contributed by atoms with Crippen molar-refractivity contribution in [3.63, 3.8) is 0 Å². The van der Waals surface area contributed by atoms with Gasteiger partial charge in [0.15, 0.2) is 5.82 Å². The average molecular weight is 493 g/mol. The SMILES string of the molecule is CCSNc1cc(-c2cc3c4c(cnc3cc2F)N(C)C(=O)C42CCC2)cnc1N1CC(NC)C1. The molecule has 6 rings (SSSR count). The highest BCUT2D eigenvalue weighted by atomic mass is 32.2. The minimum atomic E-state index is -0.492. The van der Waals surface area contributed by atoms with Crippen LogP contribution in [-0.4, -0.2) is 54.9 Å². The number of anilines is 3. The molecule has 1 aliphatic carbocycles. The Morgan fingerprint density at radius 2 is 2.00 bits per heavy atom. The highest BCUT2D eigenvalue weighted by Gasteiger charge is 2.54.